The van der Waals surface area contributed by atoms with Gasteiger partial charge in [-0.2, -0.15) is 4.98 Å². The van der Waals surface area contributed by atoms with Gasteiger partial charge < -0.3 is 9.63 Å². The Morgan fingerprint density at radius 1 is 1.16 bits per heavy atom. The molecular formula is C19H24FN3O2. The minimum absolute atomic E-state index is 0.278. The molecule has 2 aromatic rings. The van der Waals surface area contributed by atoms with Gasteiger partial charge in [-0.25, -0.2) is 4.39 Å². The summed E-state index contributed by atoms with van der Waals surface area (Å²) >= 11 is 0. The molecule has 0 bridgehead atoms. The number of piperidine rings is 1. The molecule has 0 amide bonds. The first-order valence-corrected chi connectivity index (χ1v) is 9.16. The summed E-state index contributed by atoms with van der Waals surface area (Å²) in [5, 5.41) is 15.0. The predicted molar refractivity (Wildman–Crippen MR) is 90.3 cm³/mol. The molecule has 25 heavy (non-hydrogen) atoms. The molecular weight excluding hydrogens is 321 g/mol. The number of rotatable bonds is 4. The van der Waals surface area contributed by atoms with E-state index in [1.165, 1.54) is 25.0 Å². The third-order valence-corrected chi connectivity index (χ3v) is 5.62. The standard InChI is InChI=1S/C19H24FN3O2/c20-16-7-5-15(6-8-16)19(24)9-11-23(12-10-19)13-17-21-18(25-22-17)14-3-1-2-4-14/h5-8,14,24H,1-4,9-13H2. The second-order valence-corrected chi connectivity index (χ2v) is 7.34. The molecule has 1 aromatic heterocycles. The Bertz CT molecular complexity index is 702. The number of benzene rings is 1. The van der Waals surface area contributed by atoms with Gasteiger partial charge in [-0.05, 0) is 43.4 Å². The van der Waals surface area contributed by atoms with E-state index in [4.69, 9.17) is 4.52 Å². The molecule has 5 nitrogen and oxygen atoms in total. The van der Waals surface area contributed by atoms with Crippen LogP contribution in [-0.4, -0.2) is 33.2 Å². The Hall–Kier alpha value is -1.79. The molecule has 2 heterocycles. The van der Waals surface area contributed by atoms with Gasteiger partial charge in [0, 0.05) is 19.0 Å². The molecule has 4 rings (SSSR count). The SMILES string of the molecule is OC1(c2ccc(F)cc2)CCN(Cc2noc(C3CCCC3)n2)CC1. The Morgan fingerprint density at radius 2 is 1.84 bits per heavy atom. The van der Waals surface area contributed by atoms with Crippen molar-refractivity contribution >= 4 is 0 Å². The molecule has 6 heteroatoms. The highest BCUT2D eigenvalue weighted by molar-refractivity contribution is 5.23. The summed E-state index contributed by atoms with van der Waals surface area (Å²) in [6.45, 7) is 2.15. The second kappa shape index (κ2) is 6.84. The zero-order valence-corrected chi connectivity index (χ0v) is 14.3. The maximum atomic E-state index is 13.1. The first-order chi connectivity index (χ1) is 12.1. The maximum Gasteiger partial charge on any atom is 0.229 e. The van der Waals surface area contributed by atoms with Crippen molar-refractivity contribution in [2.24, 2.45) is 0 Å². The van der Waals surface area contributed by atoms with Crippen molar-refractivity contribution in [3.63, 3.8) is 0 Å². The van der Waals surface area contributed by atoms with Crippen LogP contribution in [0, 0.1) is 5.82 Å². The van der Waals surface area contributed by atoms with Crippen LogP contribution in [-0.2, 0) is 12.1 Å². The van der Waals surface area contributed by atoms with Crippen molar-refractivity contribution in [3.8, 4) is 0 Å². The van der Waals surface area contributed by atoms with Crippen LogP contribution < -0.4 is 0 Å². The lowest BCUT2D eigenvalue weighted by molar-refractivity contribution is -0.0283. The molecule has 1 aromatic carbocycles. The van der Waals surface area contributed by atoms with Crippen molar-refractivity contribution in [1.82, 2.24) is 15.0 Å². The molecule has 134 valence electrons. The molecule has 1 N–H and O–H groups in total. The third-order valence-electron chi connectivity index (χ3n) is 5.62. The molecule has 0 radical (unpaired) electrons. The van der Waals surface area contributed by atoms with Crippen LogP contribution in [0.15, 0.2) is 28.8 Å². The van der Waals surface area contributed by atoms with Crippen LogP contribution in [0.4, 0.5) is 4.39 Å². The van der Waals surface area contributed by atoms with E-state index in [1.54, 1.807) is 12.1 Å². The van der Waals surface area contributed by atoms with Gasteiger partial charge in [0.1, 0.15) is 5.82 Å². The van der Waals surface area contributed by atoms with Gasteiger partial charge in [0.25, 0.3) is 0 Å². The Kier molecular flexibility index (Phi) is 4.56. The average Bonchev–Trinajstić information content (AvgIpc) is 3.29. The second-order valence-electron chi connectivity index (χ2n) is 7.34. The van der Waals surface area contributed by atoms with Crippen molar-refractivity contribution in [2.75, 3.05) is 13.1 Å². The number of aliphatic hydroxyl groups is 1. The molecule has 1 aliphatic heterocycles. The highest BCUT2D eigenvalue weighted by atomic mass is 19.1. The van der Waals surface area contributed by atoms with Crippen molar-refractivity contribution in [1.29, 1.82) is 0 Å². The van der Waals surface area contributed by atoms with Crippen LogP contribution in [0.2, 0.25) is 0 Å². The van der Waals surface area contributed by atoms with Crippen molar-refractivity contribution in [3.05, 3.63) is 47.4 Å². The number of hydrogen-bond acceptors (Lipinski definition) is 5. The number of nitrogens with zero attached hydrogens (tertiary/aromatic N) is 3. The lowest BCUT2D eigenvalue weighted by atomic mass is 9.84. The van der Waals surface area contributed by atoms with Gasteiger partial charge in [0.15, 0.2) is 5.82 Å². The monoisotopic (exact) mass is 345 g/mol. The van der Waals surface area contributed by atoms with Crippen LogP contribution in [0.3, 0.4) is 0 Å². The van der Waals surface area contributed by atoms with Gasteiger partial charge in [-0.1, -0.05) is 30.1 Å². The van der Waals surface area contributed by atoms with E-state index in [0.717, 1.165) is 43.2 Å². The van der Waals surface area contributed by atoms with E-state index in [2.05, 4.69) is 15.0 Å². The Morgan fingerprint density at radius 3 is 2.52 bits per heavy atom. The van der Waals surface area contributed by atoms with Crippen LogP contribution >= 0.6 is 0 Å². The number of likely N-dealkylation sites (tertiary alicyclic amines) is 1. The molecule has 0 atom stereocenters. The molecule has 2 aliphatic rings. The fraction of sp³-hybridized carbons (Fsp3) is 0.579. The molecule has 2 fully saturated rings. The largest absolute Gasteiger partial charge is 0.385 e. The minimum Gasteiger partial charge on any atom is -0.385 e. The van der Waals surface area contributed by atoms with Crippen LogP contribution in [0.25, 0.3) is 0 Å². The first kappa shape index (κ1) is 16.7. The summed E-state index contributed by atoms with van der Waals surface area (Å²) in [6.07, 6.45) is 6.02. The van der Waals surface area contributed by atoms with E-state index in [-0.39, 0.29) is 5.82 Å². The normalized spacial score (nSPS) is 21.7. The lowest BCUT2D eigenvalue weighted by Crippen LogP contribution is -2.42. The van der Waals surface area contributed by atoms with Crippen LogP contribution in [0.5, 0.6) is 0 Å². The highest BCUT2D eigenvalue weighted by Gasteiger charge is 2.34. The van der Waals surface area contributed by atoms with E-state index in [9.17, 15) is 9.50 Å². The van der Waals surface area contributed by atoms with E-state index in [1.807, 2.05) is 0 Å². The Labute approximate surface area is 146 Å². The fourth-order valence-electron chi connectivity index (χ4n) is 4.00. The van der Waals surface area contributed by atoms with Crippen molar-refractivity contribution < 1.29 is 14.0 Å². The predicted octanol–water partition coefficient (Wildman–Crippen LogP) is 3.35. The summed E-state index contributed by atoms with van der Waals surface area (Å²) in [6, 6.07) is 6.17. The average molecular weight is 345 g/mol. The number of aromatic nitrogens is 2. The van der Waals surface area contributed by atoms with Gasteiger partial charge in [-0.15, -0.1) is 0 Å². The summed E-state index contributed by atoms with van der Waals surface area (Å²) in [7, 11) is 0. The minimum atomic E-state index is -0.879. The zero-order chi connectivity index (χ0) is 17.3. The maximum absolute atomic E-state index is 13.1. The summed E-state index contributed by atoms with van der Waals surface area (Å²) in [5.41, 5.74) is -0.0900. The quantitative estimate of drug-likeness (QED) is 0.921. The summed E-state index contributed by atoms with van der Waals surface area (Å²) in [4.78, 5) is 6.80. The fourth-order valence-corrected chi connectivity index (χ4v) is 4.00. The lowest BCUT2D eigenvalue weighted by Gasteiger charge is -2.38. The smallest absolute Gasteiger partial charge is 0.229 e. The van der Waals surface area contributed by atoms with E-state index < -0.39 is 5.60 Å². The summed E-state index contributed by atoms with van der Waals surface area (Å²) < 4.78 is 18.5. The van der Waals surface area contributed by atoms with Gasteiger partial charge in [0.2, 0.25) is 5.89 Å². The zero-order valence-electron chi connectivity index (χ0n) is 14.3. The molecule has 1 aliphatic carbocycles. The highest BCUT2D eigenvalue weighted by Crippen LogP contribution is 2.34. The molecule has 1 saturated heterocycles. The van der Waals surface area contributed by atoms with Crippen LogP contribution in [0.1, 0.15) is 61.7 Å². The van der Waals surface area contributed by atoms with Gasteiger partial charge in [-0.3, -0.25) is 4.90 Å². The van der Waals surface area contributed by atoms with Gasteiger partial charge in [0.05, 0.1) is 12.1 Å². The topological polar surface area (TPSA) is 62.4 Å². The van der Waals surface area contributed by atoms with Crippen molar-refractivity contribution in [2.45, 2.75) is 56.6 Å². The molecule has 0 unspecified atom stereocenters. The Balaban J connectivity index is 1.35. The number of halogens is 1. The number of hydrogen-bond donors (Lipinski definition) is 1. The van der Waals surface area contributed by atoms with Gasteiger partial charge >= 0.3 is 0 Å². The molecule has 1 saturated carbocycles. The van der Waals surface area contributed by atoms with E-state index >= 15 is 0 Å². The third kappa shape index (κ3) is 3.60. The summed E-state index contributed by atoms with van der Waals surface area (Å²) in [5.74, 6) is 1.67. The molecule has 0 spiro atoms. The first-order valence-electron chi connectivity index (χ1n) is 9.16. The van der Waals surface area contributed by atoms with E-state index in [0.29, 0.717) is 25.3 Å².